The lowest BCUT2D eigenvalue weighted by atomic mass is 9.91. The molecule has 0 bridgehead atoms. The van der Waals surface area contributed by atoms with Crippen LogP contribution in [-0.4, -0.2) is 0 Å². The molecule has 0 aliphatic rings. The second-order valence-electron chi connectivity index (χ2n) is 4.08. The van der Waals surface area contributed by atoms with Crippen molar-refractivity contribution in [2.75, 3.05) is 0 Å². The lowest BCUT2D eigenvalue weighted by Gasteiger charge is -2.15. The highest BCUT2D eigenvalue weighted by atomic mass is 14.1. The van der Waals surface area contributed by atoms with Crippen LogP contribution in [0.4, 0.5) is 0 Å². The summed E-state index contributed by atoms with van der Waals surface area (Å²) in [7, 11) is 0. The van der Waals surface area contributed by atoms with Crippen LogP contribution < -0.4 is 0 Å². The Hall–Kier alpha value is 0. The minimum absolute atomic E-state index is 0.821. The number of hydrogen-bond donors (Lipinski definition) is 0. The first-order valence-corrected chi connectivity index (χ1v) is 5.55. The number of rotatable bonds is 7. The van der Waals surface area contributed by atoms with E-state index in [0.29, 0.717) is 0 Å². The van der Waals surface area contributed by atoms with Gasteiger partial charge in [0.2, 0.25) is 0 Å². The molecule has 73 valence electrons. The van der Waals surface area contributed by atoms with Gasteiger partial charge in [0.25, 0.3) is 0 Å². The summed E-state index contributed by atoms with van der Waals surface area (Å²) >= 11 is 0. The fourth-order valence-corrected chi connectivity index (χ4v) is 1.73. The number of hydrogen-bond acceptors (Lipinski definition) is 0. The van der Waals surface area contributed by atoms with Gasteiger partial charge in [-0.25, -0.2) is 0 Å². The molecule has 0 amide bonds. The molecule has 0 aromatic rings. The predicted molar refractivity (Wildman–Crippen MR) is 57.1 cm³/mol. The van der Waals surface area contributed by atoms with Crippen LogP contribution in [-0.2, 0) is 0 Å². The van der Waals surface area contributed by atoms with Gasteiger partial charge in [0.05, 0.1) is 0 Å². The summed E-state index contributed by atoms with van der Waals surface area (Å²) in [6, 6.07) is 0. The molecule has 2 unspecified atom stereocenters. The van der Waals surface area contributed by atoms with Crippen LogP contribution in [0, 0.1) is 18.3 Å². The van der Waals surface area contributed by atoms with Gasteiger partial charge in [-0.05, 0) is 18.3 Å². The van der Waals surface area contributed by atoms with E-state index in [1.807, 2.05) is 0 Å². The summed E-state index contributed by atoms with van der Waals surface area (Å²) in [5.41, 5.74) is 0. The van der Waals surface area contributed by atoms with Gasteiger partial charge in [-0.2, -0.15) is 0 Å². The summed E-state index contributed by atoms with van der Waals surface area (Å²) in [5, 5.41) is 0. The Bertz CT molecular complexity index is 86.0. The Morgan fingerprint density at radius 2 is 1.50 bits per heavy atom. The Kier molecular flexibility index (Phi) is 7.64. The predicted octanol–water partition coefficient (Wildman–Crippen LogP) is 4.45. The van der Waals surface area contributed by atoms with E-state index in [1.165, 1.54) is 32.1 Å². The van der Waals surface area contributed by atoms with E-state index in [2.05, 4.69) is 34.1 Å². The van der Waals surface area contributed by atoms with Crippen LogP contribution in [0.2, 0.25) is 0 Å². The zero-order valence-corrected chi connectivity index (χ0v) is 9.27. The summed E-state index contributed by atoms with van der Waals surface area (Å²) in [4.78, 5) is 0. The minimum Gasteiger partial charge on any atom is -0.0654 e. The highest BCUT2D eigenvalue weighted by molar-refractivity contribution is 4.78. The van der Waals surface area contributed by atoms with Crippen molar-refractivity contribution < 1.29 is 0 Å². The van der Waals surface area contributed by atoms with E-state index in [0.717, 1.165) is 11.8 Å². The largest absolute Gasteiger partial charge is 0.0654 e. The molecule has 0 saturated heterocycles. The van der Waals surface area contributed by atoms with E-state index in [-0.39, 0.29) is 0 Å². The molecule has 0 aliphatic carbocycles. The second kappa shape index (κ2) is 7.64. The highest BCUT2D eigenvalue weighted by Gasteiger charge is 2.07. The summed E-state index contributed by atoms with van der Waals surface area (Å²) < 4.78 is 0. The van der Waals surface area contributed by atoms with Gasteiger partial charge in [-0.15, -0.1) is 0 Å². The average Bonchev–Trinajstić information content (AvgIpc) is 2.01. The maximum atomic E-state index is 2.53. The monoisotopic (exact) mass is 169 g/mol. The van der Waals surface area contributed by atoms with E-state index < -0.39 is 0 Å². The van der Waals surface area contributed by atoms with Gasteiger partial charge in [-0.1, -0.05) is 59.8 Å². The lowest BCUT2D eigenvalue weighted by Crippen LogP contribution is -2.04. The molecule has 0 saturated carbocycles. The van der Waals surface area contributed by atoms with Crippen molar-refractivity contribution in [3.05, 3.63) is 6.42 Å². The minimum atomic E-state index is 0.821. The number of unbranched alkanes of at least 4 members (excludes halogenated alkanes) is 1. The Morgan fingerprint density at radius 1 is 0.917 bits per heavy atom. The first-order valence-electron chi connectivity index (χ1n) is 5.55. The first kappa shape index (κ1) is 12.0. The van der Waals surface area contributed by atoms with E-state index in [9.17, 15) is 0 Å². The van der Waals surface area contributed by atoms with Gasteiger partial charge in [0.1, 0.15) is 0 Å². The Morgan fingerprint density at radius 3 is 2.00 bits per heavy atom. The van der Waals surface area contributed by atoms with Gasteiger partial charge in [0, 0.05) is 0 Å². The van der Waals surface area contributed by atoms with Crippen molar-refractivity contribution in [2.24, 2.45) is 11.8 Å². The van der Waals surface area contributed by atoms with Crippen LogP contribution >= 0.6 is 0 Å². The van der Waals surface area contributed by atoms with Crippen LogP contribution in [0.3, 0.4) is 0 Å². The smallest absolute Gasteiger partial charge is 0.0329 e. The molecule has 0 N–H and O–H groups in total. The molecule has 1 radical (unpaired) electrons. The van der Waals surface area contributed by atoms with Gasteiger partial charge in [-0.3, -0.25) is 0 Å². The molecule has 0 aliphatic heterocycles. The maximum Gasteiger partial charge on any atom is -0.0329 e. The van der Waals surface area contributed by atoms with Crippen LogP contribution in [0.25, 0.3) is 0 Å². The third kappa shape index (κ3) is 6.69. The zero-order valence-electron chi connectivity index (χ0n) is 9.27. The van der Waals surface area contributed by atoms with Crippen molar-refractivity contribution in [3.63, 3.8) is 0 Å². The van der Waals surface area contributed by atoms with Crippen LogP contribution in [0.1, 0.15) is 59.8 Å². The standard InChI is InChI=1S/C12H25/c1-5-7-9-12(4)10-11(3)8-6-2/h10-12H,5-9H2,1-4H3. The van der Waals surface area contributed by atoms with Crippen molar-refractivity contribution in [1.82, 2.24) is 0 Å². The fourth-order valence-electron chi connectivity index (χ4n) is 1.73. The molecule has 2 atom stereocenters. The van der Waals surface area contributed by atoms with Gasteiger partial charge >= 0.3 is 0 Å². The quantitative estimate of drug-likeness (QED) is 0.528. The van der Waals surface area contributed by atoms with Crippen molar-refractivity contribution in [2.45, 2.75) is 59.8 Å². The van der Waals surface area contributed by atoms with E-state index in [1.54, 1.807) is 0 Å². The SMILES string of the molecule is CCCCC(C)[CH]C(C)CCC. The molecule has 0 rings (SSSR count). The van der Waals surface area contributed by atoms with Crippen molar-refractivity contribution in [1.29, 1.82) is 0 Å². The third-order valence-electron chi connectivity index (χ3n) is 2.41. The summed E-state index contributed by atoms with van der Waals surface area (Å²) in [6.07, 6.45) is 9.30. The third-order valence-corrected chi connectivity index (χ3v) is 2.41. The lowest BCUT2D eigenvalue weighted by molar-refractivity contribution is 0.474. The first-order chi connectivity index (χ1) is 5.70. The molecule has 12 heavy (non-hydrogen) atoms. The topological polar surface area (TPSA) is 0 Å². The molecule has 0 fully saturated rings. The zero-order chi connectivity index (χ0) is 9.40. The average molecular weight is 169 g/mol. The summed E-state index contributed by atoms with van der Waals surface area (Å²) in [5.74, 6) is 1.65. The Balaban J connectivity index is 3.33. The molecule has 0 heterocycles. The molecule has 0 aromatic heterocycles. The van der Waals surface area contributed by atoms with Crippen molar-refractivity contribution >= 4 is 0 Å². The van der Waals surface area contributed by atoms with E-state index in [4.69, 9.17) is 0 Å². The molecule has 0 nitrogen and oxygen atoms in total. The summed E-state index contributed by atoms with van der Waals surface area (Å²) in [6.45, 7) is 9.22. The van der Waals surface area contributed by atoms with Crippen LogP contribution in [0.15, 0.2) is 0 Å². The van der Waals surface area contributed by atoms with Gasteiger partial charge in [0.15, 0.2) is 0 Å². The van der Waals surface area contributed by atoms with Crippen molar-refractivity contribution in [3.8, 4) is 0 Å². The molecule has 0 aromatic carbocycles. The maximum absolute atomic E-state index is 2.53. The normalized spacial score (nSPS) is 16.0. The van der Waals surface area contributed by atoms with Crippen LogP contribution in [0.5, 0.6) is 0 Å². The van der Waals surface area contributed by atoms with Gasteiger partial charge < -0.3 is 0 Å². The molecule has 0 heteroatoms. The Labute approximate surface area is 78.8 Å². The molecular formula is C12H25. The highest BCUT2D eigenvalue weighted by Crippen LogP contribution is 2.19. The van der Waals surface area contributed by atoms with E-state index >= 15 is 0 Å². The molecule has 0 spiro atoms. The molecular weight excluding hydrogens is 144 g/mol. The fraction of sp³-hybridized carbons (Fsp3) is 0.917. The second-order valence-corrected chi connectivity index (χ2v) is 4.08.